The van der Waals surface area contributed by atoms with Crippen LogP contribution in [0, 0.1) is 5.82 Å². The van der Waals surface area contributed by atoms with Crippen molar-refractivity contribution in [2.45, 2.75) is 37.6 Å². The number of carbonyl (C=O) groups excluding carboxylic acids is 1. The topological polar surface area (TPSA) is 70.7 Å². The number of aromatic nitrogens is 3. The molecular formula is C21H17FN4O. The Bertz CT molecular complexity index is 1130. The van der Waals surface area contributed by atoms with Gasteiger partial charge in [0.15, 0.2) is 5.82 Å². The van der Waals surface area contributed by atoms with Gasteiger partial charge in [-0.2, -0.15) is 0 Å². The van der Waals surface area contributed by atoms with Gasteiger partial charge in [-0.05, 0) is 48.9 Å². The van der Waals surface area contributed by atoms with Crippen LogP contribution in [0.15, 0.2) is 30.5 Å². The first-order valence-electron chi connectivity index (χ1n) is 9.30. The van der Waals surface area contributed by atoms with E-state index < -0.39 is 0 Å². The van der Waals surface area contributed by atoms with Gasteiger partial charge in [0.1, 0.15) is 5.82 Å². The highest BCUT2D eigenvalue weighted by Crippen LogP contribution is 2.45. The van der Waals surface area contributed by atoms with Crippen LogP contribution in [0.3, 0.4) is 0 Å². The number of rotatable bonds is 1. The summed E-state index contributed by atoms with van der Waals surface area (Å²) in [6, 6.07) is 6.31. The number of H-pyrrole nitrogens is 1. The average molecular weight is 360 g/mol. The van der Waals surface area contributed by atoms with Crippen molar-refractivity contribution < 1.29 is 9.18 Å². The second-order valence-electron chi connectivity index (χ2n) is 7.82. The van der Waals surface area contributed by atoms with Crippen LogP contribution in [-0.4, -0.2) is 26.4 Å². The van der Waals surface area contributed by atoms with Crippen molar-refractivity contribution in [2.75, 3.05) is 0 Å². The molecule has 1 fully saturated rings. The third kappa shape index (κ3) is 2.19. The summed E-state index contributed by atoms with van der Waals surface area (Å²) in [5, 5.41) is 3.19. The molecular weight excluding hydrogens is 343 g/mol. The van der Waals surface area contributed by atoms with Gasteiger partial charge in [-0.15, -0.1) is 0 Å². The average Bonchev–Trinajstić information content (AvgIpc) is 3.28. The first-order chi connectivity index (χ1) is 13.1. The Balaban J connectivity index is 1.50. The Labute approximate surface area is 155 Å². The van der Waals surface area contributed by atoms with Gasteiger partial charge in [0.2, 0.25) is 0 Å². The molecule has 2 N–H and O–H groups in total. The molecule has 6 rings (SSSR count). The maximum atomic E-state index is 13.6. The van der Waals surface area contributed by atoms with E-state index in [1.165, 1.54) is 12.1 Å². The third-order valence-corrected chi connectivity index (χ3v) is 5.98. The molecule has 1 aliphatic heterocycles. The van der Waals surface area contributed by atoms with Gasteiger partial charge in [-0.1, -0.05) is 12.1 Å². The molecule has 134 valence electrons. The Morgan fingerprint density at radius 2 is 2.07 bits per heavy atom. The largest absolute Gasteiger partial charge is 0.356 e. The highest BCUT2D eigenvalue weighted by atomic mass is 19.1. The monoisotopic (exact) mass is 360 g/mol. The summed E-state index contributed by atoms with van der Waals surface area (Å²) in [5.41, 5.74) is 6.32. The number of hydrogen-bond acceptors (Lipinski definition) is 3. The molecule has 0 unspecified atom stereocenters. The zero-order chi connectivity index (χ0) is 18.2. The SMILES string of the molecule is O=C1NC2(CC2)Cc2[nH]c3c(c21)CCc1cnc(-c2cccc(F)c2)nc1-3. The molecule has 3 aliphatic rings. The number of aryl methyl sites for hydroxylation is 1. The predicted octanol–water partition coefficient (Wildman–Crippen LogP) is 3.19. The van der Waals surface area contributed by atoms with Crippen LogP contribution in [0.5, 0.6) is 0 Å². The first kappa shape index (κ1) is 15.1. The van der Waals surface area contributed by atoms with Gasteiger partial charge in [0.25, 0.3) is 5.91 Å². The fourth-order valence-electron chi connectivity index (χ4n) is 4.43. The van der Waals surface area contributed by atoms with E-state index in [1.54, 1.807) is 12.1 Å². The van der Waals surface area contributed by atoms with E-state index in [2.05, 4.69) is 15.3 Å². The highest BCUT2D eigenvalue weighted by Gasteiger charge is 2.49. The number of fused-ring (bicyclic) bond motifs is 5. The molecule has 6 heteroatoms. The highest BCUT2D eigenvalue weighted by molar-refractivity contribution is 6.01. The molecule has 1 aromatic carbocycles. The molecule has 0 saturated heterocycles. The molecule has 5 nitrogen and oxygen atoms in total. The molecule has 3 heterocycles. The third-order valence-electron chi connectivity index (χ3n) is 5.98. The predicted molar refractivity (Wildman–Crippen MR) is 97.8 cm³/mol. The molecule has 27 heavy (non-hydrogen) atoms. The van der Waals surface area contributed by atoms with Crippen molar-refractivity contribution in [3.63, 3.8) is 0 Å². The fraction of sp³-hybridized carbons (Fsp3) is 0.286. The van der Waals surface area contributed by atoms with E-state index >= 15 is 0 Å². The van der Waals surface area contributed by atoms with Crippen LogP contribution in [-0.2, 0) is 19.3 Å². The number of benzene rings is 1. The maximum absolute atomic E-state index is 13.6. The van der Waals surface area contributed by atoms with Crippen molar-refractivity contribution in [1.29, 1.82) is 0 Å². The van der Waals surface area contributed by atoms with E-state index in [0.717, 1.165) is 65.9 Å². The summed E-state index contributed by atoms with van der Waals surface area (Å²) in [6.07, 6.45) is 6.38. The van der Waals surface area contributed by atoms with Crippen LogP contribution in [0.25, 0.3) is 22.8 Å². The Hall–Kier alpha value is -3.02. The first-order valence-corrected chi connectivity index (χ1v) is 9.30. The van der Waals surface area contributed by atoms with E-state index in [-0.39, 0.29) is 17.3 Å². The van der Waals surface area contributed by atoms with Gasteiger partial charge in [0.05, 0.1) is 17.0 Å². The minimum absolute atomic E-state index is 0.0290. The van der Waals surface area contributed by atoms with Gasteiger partial charge in [-0.3, -0.25) is 4.79 Å². The van der Waals surface area contributed by atoms with Crippen molar-refractivity contribution in [1.82, 2.24) is 20.3 Å². The lowest BCUT2D eigenvalue weighted by Gasteiger charge is -2.23. The number of hydrogen-bond donors (Lipinski definition) is 2. The lowest BCUT2D eigenvalue weighted by molar-refractivity contribution is 0.0917. The maximum Gasteiger partial charge on any atom is 0.253 e. The molecule has 0 radical (unpaired) electrons. The Morgan fingerprint density at radius 1 is 1.19 bits per heavy atom. The van der Waals surface area contributed by atoms with Gasteiger partial charge in [-0.25, -0.2) is 14.4 Å². The van der Waals surface area contributed by atoms with Crippen LogP contribution in [0.1, 0.15) is 40.0 Å². The molecule has 2 aromatic heterocycles. The van der Waals surface area contributed by atoms with Gasteiger partial charge in [0, 0.05) is 29.4 Å². The van der Waals surface area contributed by atoms with E-state index in [9.17, 15) is 9.18 Å². The number of nitrogens with one attached hydrogen (secondary N) is 2. The van der Waals surface area contributed by atoms with Crippen molar-refractivity contribution in [2.24, 2.45) is 0 Å². The molecule has 1 saturated carbocycles. The quantitative estimate of drug-likeness (QED) is 0.700. The zero-order valence-electron chi connectivity index (χ0n) is 14.6. The summed E-state index contributed by atoms with van der Waals surface area (Å²) in [5.74, 6) is 0.224. The summed E-state index contributed by atoms with van der Waals surface area (Å²) in [7, 11) is 0. The summed E-state index contributed by atoms with van der Waals surface area (Å²) < 4.78 is 13.6. The Kier molecular flexibility index (Phi) is 2.81. The number of aromatic amines is 1. The van der Waals surface area contributed by atoms with Crippen molar-refractivity contribution >= 4 is 5.91 Å². The number of nitrogens with zero attached hydrogens (tertiary/aromatic N) is 2. The summed E-state index contributed by atoms with van der Waals surface area (Å²) >= 11 is 0. The Morgan fingerprint density at radius 3 is 2.89 bits per heavy atom. The van der Waals surface area contributed by atoms with Crippen molar-refractivity contribution in [3.05, 3.63) is 58.7 Å². The second kappa shape index (κ2) is 5.03. The lowest BCUT2D eigenvalue weighted by atomic mass is 9.89. The standard InChI is InChI=1S/C21H17FN4O/c22-13-3-1-2-11(8-13)19-23-10-12-4-5-14-16-15(24-18(14)17(12)25-19)9-21(6-7-21)26-20(16)27/h1-3,8,10,24H,4-7,9H2,(H,26,27). The number of halogens is 1. The van der Waals surface area contributed by atoms with Crippen LogP contribution in [0.4, 0.5) is 4.39 Å². The van der Waals surface area contributed by atoms with Crippen LogP contribution >= 0.6 is 0 Å². The van der Waals surface area contributed by atoms with E-state index in [1.807, 2.05) is 6.20 Å². The molecule has 1 amide bonds. The van der Waals surface area contributed by atoms with E-state index in [0.29, 0.717) is 11.4 Å². The molecule has 0 bridgehead atoms. The van der Waals surface area contributed by atoms with Crippen molar-refractivity contribution in [3.8, 4) is 22.8 Å². The fourth-order valence-corrected chi connectivity index (χ4v) is 4.43. The zero-order valence-corrected chi connectivity index (χ0v) is 14.6. The van der Waals surface area contributed by atoms with Gasteiger partial charge >= 0.3 is 0 Å². The van der Waals surface area contributed by atoms with Crippen LogP contribution < -0.4 is 5.32 Å². The molecule has 1 spiro atoms. The number of carbonyl (C=O) groups is 1. The summed E-state index contributed by atoms with van der Waals surface area (Å²) in [6.45, 7) is 0. The smallest absolute Gasteiger partial charge is 0.253 e. The van der Waals surface area contributed by atoms with Gasteiger partial charge < -0.3 is 10.3 Å². The minimum Gasteiger partial charge on any atom is -0.356 e. The lowest BCUT2D eigenvalue weighted by Crippen LogP contribution is -2.43. The van der Waals surface area contributed by atoms with E-state index in [4.69, 9.17) is 4.98 Å². The minimum atomic E-state index is -0.309. The molecule has 0 atom stereocenters. The molecule has 2 aliphatic carbocycles. The summed E-state index contributed by atoms with van der Waals surface area (Å²) in [4.78, 5) is 25.4. The second-order valence-corrected chi connectivity index (χ2v) is 7.82. The molecule has 3 aromatic rings. The number of amides is 1. The van der Waals surface area contributed by atoms with Crippen LogP contribution in [0.2, 0.25) is 0 Å². The normalized spacial score (nSPS) is 18.5.